The van der Waals surface area contributed by atoms with Crippen LogP contribution in [0.2, 0.25) is 0 Å². The van der Waals surface area contributed by atoms with Crippen LogP contribution in [-0.2, 0) is 0 Å². The minimum atomic E-state index is -0.244. The number of hydrogen-bond acceptors (Lipinski definition) is 4. The van der Waals surface area contributed by atoms with E-state index >= 15 is 0 Å². The van der Waals surface area contributed by atoms with Gasteiger partial charge in [-0.3, -0.25) is 4.79 Å². The zero-order chi connectivity index (χ0) is 24.5. The minimum Gasteiger partial charge on any atom is -0.457 e. The van der Waals surface area contributed by atoms with Crippen molar-refractivity contribution in [2.45, 2.75) is 31.6 Å². The molecule has 0 unspecified atom stereocenters. The Hall–Kier alpha value is -3.02. The van der Waals surface area contributed by atoms with Crippen molar-refractivity contribution < 1.29 is 13.9 Å². The van der Waals surface area contributed by atoms with Gasteiger partial charge < -0.3 is 15.0 Å². The van der Waals surface area contributed by atoms with Gasteiger partial charge in [-0.05, 0) is 101 Å². The normalized spacial score (nSPS) is 17.3. The average molecular weight is 475 g/mol. The molecule has 0 saturated carbocycles. The molecule has 5 heteroatoms. The number of hydrogen-bond donors (Lipinski definition) is 1. The third-order valence-electron chi connectivity index (χ3n) is 6.89. The van der Waals surface area contributed by atoms with E-state index in [-0.39, 0.29) is 11.7 Å². The lowest BCUT2D eigenvalue weighted by Gasteiger charge is -2.30. The lowest BCUT2D eigenvalue weighted by atomic mass is 9.89. The molecular formula is C30H35FN2O2. The molecule has 5 rings (SSSR count). The van der Waals surface area contributed by atoms with Crippen LogP contribution in [-0.4, -0.2) is 43.9 Å². The van der Waals surface area contributed by atoms with Crippen LogP contribution in [0.25, 0.3) is 0 Å². The largest absolute Gasteiger partial charge is 0.457 e. The number of rotatable bonds is 5. The first-order chi connectivity index (χ1) is 17.1. The summed E-state index contributed by atoms with van der Waals surface area (Å²) in [6, 6.07) is 24.0. The van der Waals surface area contributed by atoms with Crippen molar-refractivity contribution in [1.82, 2.24) is 10.2 Å². The second kappa shape index (κ2) is 12.6. The summed E-state index contributed by atoms with van der Waals surface area (Å²) in [6.45, 7) is 4.19. The maximum absolute atomic E-state index is 13.0. The molecule has 0 radical (unpaired) electrons. The van der Waals surface area contributed by atoms with E-state index in [1.165, 1.54) is 17.7 Å². The number of benzene rings is 3. The van der Waals surface area contributed by atoms with Gasteiger partial charge in [-0.25, -0.2) is 4.39 Å². The lowest BCUT2D eigenvalue weighted by molar-refractivity contribution is 0.0895. The number of Topliss-reactive ketones (excluding diaryl/α,β-unsaturated/α-hetero) is 1. The van der Waals surface area contributed by atoms with Gasteiger partial charge in [-0.1, -0.05) is 48.5 Å². The van der Waals surface area contributed by atoms with Crippen molar-refractivity contribution in [3.8, 4) is 11.5 Å². The third-order valence-corrected chi connectivity index (χ3v) is 6.89. The van der Waals surface area contributed by atoms with Crippen LogP contribution in [0.1, 0.15) is 47.5 Å². The molecule has 35 heavy (non-hydrogen) atoms. The number of para-hydroxylation sites is 1. The monoisotopic (exact) mass is 474 g/mol. The highest BCUT2D eigenvalue weighted by Crippen LogP contribution is 2.36. The summed E-state index contributed by atoms with van der Waals surface area (Å²) < 4.78 is 18.9. The van der Waals surface area contributed by atoms with Crippen LogP contribution in [0.4, 0.5) is 4.39 Å². The van der Waals surface area contributed by atoms with E-state index in [2.05, 4.69) is 29.4 Å². The maximum Gasteiger partial charge on any atom is 0.166 e. The smallest absolute Gasteiger partial charge is 0.166 e. The van der Waals surface area contributed by atoms with Gasteiger partial charge in [0.2, 0.25) is 0 Å². The summed E-state index contributed by atoms with van der Waals surface area (Å²) in [7, 11) is 2.16. The number of ketones is 1. The van der Waals surface area contributed by atoms with Gasteiger partial charge in [0.1, 0.15) is 17.3 Å². The first kappa shape index (κ1) is 25.1. The lowest BCUT2D eigenvalue weighted by Crippen LogP contribution is -2.31. The minimum absolute atomic E-state index is 0.235. The summed E-state index contributed by atoms with van der Waals surface area (Å²) in [5, 5.41) is 3.27. The molecule has 184 valence electrons. The molecule has 0 atom stereocenters. The Labute approximate surface area is 208 Å². The topological polar surface area (TPSA) is 41.6 Å². The van der Waals surface area contributed by atoms with Crippen LogP contribution in [0.15, 0.2) is 78.9 Å². The number of ether oxygens (including phenoxy) is 1. The molecular weight excluding hydrogens is 439 g/mol. The fourth-order valence-corrected chi connectivity index (χ4v) is 4.78. The number of piperidine rings is 2. The van der Waals surface area contributed by atoms with E-state index in [9.17, 15) is 9.18 Å². The fourth-order valence-electron chi connectivity index (χ4n) is 4.78. The summed E-state index contributed by atoms with van der Waals surface area (Å²) in [4.78, 5) is 14.3. The summed E-state index contributed by atoms with van der Waals surface area (Å²) in [6.07, 6.45) is 4.27. The molecule has 3 aromatic rings. The second-order valence-electron chi connectivity index (χ2n) is 9.43. The zero-order valence-corrected chi connectivity index (χ0v) is 20.5. The predicted octanol–water partition coefficient (Wildman–Crippen LogP) is 6.30. The first-order valence-electron chi connectivity index (χ1n) is 12.6. The van der Waals surface area contributed by atoms with E-state index in [1.807, 2.05) is 42.5 Å². The molecule has 1 N–H and O–H groups in total. The Balaban J connectivity index is 0.000000179. The van der Waals surface area contributed by atoms with Gasteiger partial charge in [0, 0.05) is 11.5 Å². The molecule has 2 saturated heterocycles. The third kappa shape index (κ3) is 7.23. The number of carbonyl (C=O) groups excluding carboxylic acids is 1. The van der Waals surface area contributed by atoms with Gasteiger partial charge in [0.15, 0.2) is 5.78 Å². The van der Waals surface area contributed by atoms with E-state index in [0.717, 1.165) is 63.2 Å². The van der Waals surface area contributed by atoms with Gasteiger partial charge in [0.25, 0.3) is 0 Å². The molecule has 2 aliphatic heterocycles. The predicted molar refractivity (Wildman–Crippen MR) is 139 cm³/mol. The summed E-state index contributed by atoms with van der Waals surface area (Å²) >= 11 is 0. The van der Waals surface area contributed by atoms with E-state index in [4.69, 9.17) is 4.74 Å². The molecule has 2 heterocycles. The quantitative estimate of drug-likeness (QED) is 0.441. The molecule has 3 aromatic carbocycles. The molecule has 0 aromatic heterocycles. The Morgan fingerprint density at radius 3 is 2.17 bits per heavy atom. The molecule has 0 aliphatic carbocycles. The number of likely N-dealkylation sites (tertiary alicyclic amines) is 1. The highest BCUT2D eigenvalue weighted by Gasteiger charge is 2.22. The summed E-state index contributed by atoms with van der Waals surface area (Å²) in [5.41, 5.74) is 2.12. The maximum atomic E-state index is 13.0. The average Bonchev–Trinajstić information content (AvgIpc) is 2.92. The molecule has 4 nitrogen and oxygen atoms in total. The Bertz CT molecular complexity index is 1060. The van der Waals surface area contributed by atoms with Gasteiger partial charge in [-0.2, -0.15) is 0 Å². The molecule has 0 spiro atoms. The van der Waals surface area contributed by atoms with Crippen LogP contribution >= 0.6 is 0 Å². The number of nitrogens with zero attached hydrogens (tertiary/aromatic N) is 1. The highest BCUT2D eigenvalue weighted by atomic mass is 19.1. The van der Waals surface area contributed by atoms with Crippen molar-refractivity contribution in [2.24, 2.45) is 5.92 Å². The van der Waals surface area contributed by atoms with Crippen LogP contribution in [0.5, 0.6) is 11.5 Å². The standard InChI is InChI=1S/C18H20FNO.C12H15NO/c1-20-12-10-14(11-13-20)17-4-2-3-5-18(17)21-16-8-6-15(19)7-9-16;14-12(10-4-2-1-3-5-10)11-6-8-13-9-7-11/h2-9,14H,10-13H2,1H3;1-5,11,13H,6-9H2. The number of carbonyl (C=O) groups is 1. The Morgan fingerprint density at radius 2 is 1.49 bits per heavy atom. The highest BCUT2D eigenvalue weighted by molar-refractivity contribution is 5.97. The van der Waals surface area contributed by atoms with Crippen molar-refractivity contribution in [3.63, 3.8) is 0 Å². The number of nitrogens with one attached hydrogen (secondary N) is 1. The zero-order valence-electron chi connectivity index (χ0n) is 20.5. The van der Waals surface area contributed by atoms with Crippen molar-refractivity contribution in [1.29, 1.82) is 0 Å². The van der Waals surface area contributed by atoms with Crippen molar-refractivity contribution in [2.75, 3.05) is 33.2 Å². The first-order valence-corrected chi connectivity index (χ1v) is 12.6. The number of halogens is 1. The Morgan fingerprint density at radius 1 is 0.857 bits per heavy atom. The van der Waals surface area contributed by atoms with Crippen LogP contribution < -0.4 is 10.1 Å². The molecule has 2 fully saturated rings. The van der Waals surface area contributed by atoms with E-state index < -0.39 is 0 Å². The van der Waals surface area contributed by atoms with Crippen molar-refractivity contribution in [3.05, 3.63) is 95.8 Å². The van der Waals surface area contributed by atoms with Crippen LogP contribution in [0, 0.1) is 11.7 Å². The molecule has 0 amide bonds. The van der Waals surface area contributed by atoms with E-state index in [1.54, 1.807) is 12.1 Å². The van der Waals surface area contributed by atoms with Crippen LogP contribution in [0.3, 0.4) is 0 Å². The van der Waals surface area contributed by atoms with Crippen molar-refractivity contribution >= 4 is 5.78 Å². The van der Waals surface area contributed by atoms with Gasteiger partial charge >= 0.3 is 0 Å². The van der Waals surface area contributed by atoms with Gasteiger partial charge in [0.05, 0.1) is 0 Å². The summed E-state index contributed by atoms with van der Waals surface area (Å²) in [5.74, 6) is 2.41. The van der Waals surface area contributed by atoms with Gasteiger partial charge in [-0.15, -0.1) is 0 Å². The fraction of sp³-hybridized carbons (Fsp3) is 0.367. The second-order valence-corrected chi connectivity index (χ2v) is 9.43. The van der Waals surface area contributed by atoms with E-state index in [0.29, 0.717) is 17.5 Å². The molecule has 0 bridgehead atoms. The Kier molecular flexibility index (Phi) is 9.04. The molecule has 2 aliphatic rings. The SMILES string of the molecule is CN1CCC(c2ccccc2Oc2ccc(F)cc2)CC1.O=C(c1ccccc1)C1CCNCC1.